The molecule has 1 saturated carbocycles. The predicted molar refractivity (Wildman–Crippen MR) is 149 cm³/mol. The van der Waals surface area contributed by atoms with Gasteiger partial charge < -0.3 is 20.3 Å². The summed E-state index contributed by atoms with van der Waals surface area (Å²) in [6.07, 6.45) is 9.67. The first-order chi connectivity index (χ1) is 18.9. The first-order valence-corrected chi connectivity index (χ1v) is 13.2. The van der Waals surface area contributed by atoms with E-state index in [2.05, 4.69) is 15.0 Å². The highest BCUT2D eigenvalue weighted by Crippen LogP contribution is 2.54. The van der Waals surface area contributed by atoms with Crippen LogP contribution < -0.4 is 10.5 Å². The number of benzene rings is 1. The fraction of sp³-hybridized carbons (Fsp3) is 0.345. The number of anilines is 1. The Kier molecular flexibility index (Phi) is 6.48. The van der Waals surface area contributed by atoms with Gasteiger partial charge in [0.25, 0.3) is 0 Å². The molecule has 2 aliphatic rings. The van der Waals surface area contributed by atoms with Crippen molar-refractivity contribution in [2.45, 2.75) is 25.3 Å². The van der Waals surface area contributed by atoms with Crippen LogP contribution in [0.1, 0.15) is 25.3 Å². The lowest BCUT2D eigenvalue weighted by Gasteiger charge is -2.45. The number of fused-ring (bicyclic) bond motifs is 1. The molecule has 1 aliphatic carbocycles. The SMILES string of the molecule is CN(C)C/C=C/C(=O)N1CCC2(CC(n3nc(-c4ccc(Oc5ccccc5)cn4)c4c(N)ncnc43)C2)C1. The average Bonchev–Trinajstić information content (AvgIpc) is 3.52. The minimum Gasteiger partial charge on any atom is -0.456 e. The topological polar surface area (TPSA) is 115 Å². The molecule has 200 valence electrons. The standard InChI is InChI=1S/C29H32N8O2/c1-35(2)13-6-9-24(38)36-14-12-29(18-36)15-20(16-29)37-28-25(27(30)32-19-33-28)26(34-37)23-11-10-22(17-31-23)39-21-7-4-3-5-8-21/h3-11,17,19-20H,12-16,18H2,1-2H3,(H2,30,32,33)/b9-6+. The first kappa shape index (κ1) is 25.0. The Hall–Kier alpha value is -4.31. The van der Waals surface area contributed by atoms with Crippen molar-refractivity contribution in [2.24, 2.45) is 5.41 Å². The minimum absolute atomic E-state index is 0.0929. The Bertz CT molecular complexity index is 1510. The fourth-order valence-electron chi connectivity index (χ4n) is 5.67. The fourth-order valence-corrected chi connectivity index (χ4v) is 5.67. The number of ether oxygens (including phenoxy) is 1. The number of likely N-dealkylation sites (N-methyl/N-ethyl adjacent to an activating group) is 1. The van der Waals surface area contributed by atoms with Gasteiger partial charge in [-0.25, -0.2) is 14.6 Å². The highest BCUT2D eigenvalue weighted by Gasteiger charge is 2.50. The van der Waals surface area contributed by atoms with Crippen LogP contribution in [-0.4, -0.2) is 74.2 Å². The van der Waals surface area contributed by atoms with Crippen molar-refractivity contribution in [3.8, 4) is 22.9 Å². The normalized spacial score (nSPS) is 20.8. The maximum Gasteiger partial charge on any atom is 0.246 e. The van der Waals surface area contributed by atoms with Crippen LogP contribution in [-0.2, 0) is 4.79 Å². The molecule has 0 atom stereocenters. The molecule has 0 bridgehead atoms. The highest BCUT2D eigenvalue weighted by atomic mass is 16.5. The van der Waals surface area contributed by atoms with E-state index in [1.54, 1.807) is 12.3 Å². The number of nitrogens with two attached hydrogens (primary N) is 1. The Morgan fingerprint density at radius 3 is 2.69 bits per heavy atom. The van der Waals surface area contributed by atoms with Crippen LogP contribution in [0.5, 0.6) is 11.5 Å². The summed E-state index contributed by atoms with van der Waals surface area (Å²) in [6, 6.07) is 13.5. The third-order valence-electron chi connectivity index (χ3n) is 7.64. The maximum atomic E-state index is 12.7. The van der Waals surface area contributed by atoms with Gasteiger partial charge in [-0.05, 0) is 63.0 Å². The van der Waals surface area contributed by atoms with E-state index in [9.17, 15) is 4.79 Å². The monoisotopic (exact) mass is 524 g/mol. The zero-order chi connectivity index (χ0) is 27.0. The van der Waals surface area contributed by atoms with Crippen molar-refractivity contribution in [1.82, 2.24) is 34.5 Å². The van der Waals surface area contributed by atoms with Crippen LogP contribution in [0, 0.1) is 5.41 Å². The van der Waals surface area contributed by atoms with Crippen molar-refractivity contribution >= 4 is 22.8 Å². The zero-order valence-corrected chi connectivity index (χ0v) is 22.2. The summed E-state index contributed by atoms with van der Waals surface area (Å²) in [4.78, 5) is 30.1. The van der Waals surface area contributed by atoms with Gasteiger partial charge in [-0.1, -0.05) is 24.3 Å². The van der Waals surface area contributed by atoms with Crippen LogP contribution in [0.2, 0.25) is 0 Å². The van der Waals surface area contributed by atoms with Gasteiger partial charge in [0, 0.05) is 25.7 Å². The van der Waals surface area contributed by atoms with Gasteiger partial charge in [0.05, 0.1) is 23.3 Å². The summed E-state index contributed by atoms with van der Waals surface area (Å²) in [6.45, 7) is 2.33. The molecule has 1 spiro atoms. The minimum atomic E-state index is 0.0929. The second-order valence-corrected chi connectivity index (χ2v) is 10.8. The largest absolute Gasteiger partial charge is 0.456 e. The van der Waals surface area contributed by atoms with Crippen LogP contribution in [0.25, 0.3) is 22.4 Å². The quantitative estimate of drug-likeness (QED) is 0.362. The van der Waals surface area contributed by atoms with Crippen molar-refractivity contribution in [2.75, 3.05) is 39.5 Å². The number of nitrogen functional groups attached to an aromatic ring is 1. The number of aromatic nitrogens is 5. The summed E-state index contributed by atoms with van der Waals surface area (Å²) in [5.41, 5.74) is 8.49. The molecule has 2 fully saturated rings. The van der Waals surface area contributed by atoms with Crippen molar-refractivity contribution < 1.29 is 9.53 Å². The number of rotatable bonds is 7. The van der Waals surface area contributed by atoms with Crippen LogP contribution in [0.15, 0.2) is 67.1 Å². The van der Waals surface area contributed by atoms with Gasteiger partial charge in [-0.3, -0.25) is 9.78 Å². The molecule has 1 aromatic carbocycles. The summed E-state index contributed by atoms with van der Waals surface area (Å²) >= 11 is 0. The Morgan fingerprint density at radius 2 is 1.95 bits per heavy atom. The van der Waals surface area contributed by atoms with E-state index in [4.69, 9.17) is 15.6 Å². The Balaban J connectivity index is 1.20. The smallest absolute Gasteiger partial charge is 0.246 e. The molecule has 2 N–H and O–H groups in total. The number of hydrogen-bond acceptors (Lipinski definition) is 8. The molecule has 0 radical (unpaired) electrons. The number of hydrogen-bond donors (Lipinski definition) is 1. The number of carbonyl (C=O) groups excluding carboxylic acids is 1. The molecule has 10 heteroatoms. The summed E-state index contributed by atoms with van der Waals surface area (Å²) < 4.78 is 7.87. The van der Waals surface area contributed by atoms with Gasteiger partial charge in [0.2, 0.25) is 5.91 Å². The van der Waals surface area contributed by atoms with Crippen molar-refractivity contribution in [1.29, 1.82) is 0 Å². The number of nitrogens with zero attached hydrogens (tertiary/aromatic N) is 7. The molecule has 0 unspecified atom stereocenters. The van der Waals surface area contributed by atoms with Crippen LogP contribution in [0.3, 0.4) is 0 Å². The van der Waals surface area contributed by atoms with Crippen LogP contribution >= 0.6 is 0 Å². The third kappa shape index (κ3) is 4.95. The summed E-state index contributed by atoms with van der Waals surface area (Å²) in [5, 5.41) is 5.66. The molecule has 10 nitrogen and oxygen atoms in total. The van der Waals surface area contributed by atoms with Gasteiger partial charge in [0.15, 0.2) is 5.65 Å². The van der Waals surface area contributed by atoms with Gasteiger partial charge in [-0.15, -0.1) is 0 Å². The van der Waals surface area contributed by atoms with Crippen molar-refractivity contribution in [3.63, 3.8) is 0 Å². The number of likely N-dealkylation sites (tertiary alicyclic amines) is 1. The number of pyridine rings is 1. The predicted octanol–water partition coefficient (Wildman–Crippen LogP) is 3.93. The van der Waals surface area contributed by atoms with E-state index in [0.29, 0.717) is 34.0 Å². The van der Waals surface area contributed by atoms with Gasteiger partial charge in [-0.2, -0.15) is 5.10 Å². The summed E-state index contributed by atoms with van der Waals surface area (Å²) in [7, 11) is 3.98. The molecule has 1 aliphatic heterocycles. The zero-order valence-electron chi connectivity index (χ0n) is 22.2. The van der Waals surface area contributed by atoms with E-state index in [1.807, 2.05) is 77.1 Å². The second-order valence-electron chi connectivity index (χ2n) is 10.8. The maximum absolute atomic E-state index is 12.7. The lowest BCUT2D eigenvalue weighted by atomic mass is 9.65. The van der Waals surface area contributed by atoms with E-state index < -0.39 is 0 Å². The Morgan fingerprint density at radius 1 is 1.13 bits per heavy atom. The lowest BCUT2D eigenvalue weighted by Crippen LogP contribution is -2.42. The molecule has 6 rings (SSSR count). The van der Waals surface area contributed by atoms with E-state index in [0.717, 1.165) is 44.6 Å². The molecule has 4 heterocycles. The molecular formula is C29H32N8O2. The van der Waals surface area contributed by atoms with E-state index in [1.165, 1.54) is 6.33 Å². The number of carbonyl (C=O) groups is 1. The molecule has 39 heavy (non-hydrogen) atoms. The van der Waals surface area contributed by atoms with E-state index >= 15 is 0 Å². The van der Waals surface area contributed by atoms with Crippen molar-refractivity contribution in [3.05, 3.63) is 67.1 Å². The average molecular weight is 525 g/mol. The third-order valence-corrected chi connectivity index (χ3v) is 7.64. The Labute approximate surface area is 227 Å². The second kappa shape index (κ2) is 10.1. The van der Waals surface area contributed by atoms with Gasteiger partial charge >= 0.3 is 0 Å². The molecular weight excluding hydrogens is 492 g/mol. The van der Waals surface area contributed by atoms with Crippen LogP contribution in [0.4, 0.5) is 5.82 Å². The highest BCUT2D eigenvalue weighted by molar-refractivity contribution is 5.97. The number of para-hydroxylation sites is 1. The molecule has 1 saturated heterocycles. The lowest BCUT2D eigenvalue weighted by molar-refractivity contribution is -0.125. The summed E-state index contributed by atoms with van der Waals surface area (Å²) in [5.74, 6) is 1.85. The number of amides is 1. The molecule has 3 aromatic heterocycles. The molecule has 4 aromatic rings. The molecule has 1 amide bonds. The van der Waals surface area contributed by atoms with Gasteiger partial charge in [0.1, 0.15) is 29.3 Å². The van der Waals surface area contributed by atoms with E-state index in [-0.39, 0.29) is 17.4 Å². The first-order valence-electron chi connectivity index (χ1n) is 13.2.